The van der Waals surface area contributed by atoms with E-state index >= 15 is 0 Å². The fraction of sp³-hybridized carbons (Fsp3) is 0.630. The lowest BCUT2D eigenvalue weighted by molar-refractivity contribution is -0.131. The highest BCUT2D eigenvalue weighted by Crippen LogP contribution is 2.40. The quantitative estimate of drug-likeness (QED) is 0.202. The molecule has 7 nitrogen and oxygen atoms in total. The first-order chi connectivity index (χ1) is 16.3. The molecule has 1 aromatic rings. The second kappa shape index (κ2) is 12.3. The lowest BCUT2D eigenvalue weighted by Gasteiger charge is -2.43. The highest BCUT2D eigenvalue weighted by atomic mass is 28.4. The average molecular weight is 507 g/mol. The van der Waals surface area contributed by atoms with Gasteiger partial charge in [-0.3, -0.25) is 4.79 Å². The molecular weight excluding hydrogens is 464 g/mol. The van der Waals surface area contributed by atoms with E-state index in [9.17, 15) is 14.7 Å². The Morgan fingerprint density at radius 3 is 2.49 bits per heavy atom. The fourth-order valence-electron chi connectivity index (χ4n) is 4.15. The minimum Gasteiger partial charge on any atom is -0.465 e. The molecule has 35 heavy (non-hydrogen) atoms. The Morgan fingerprint density at radius 1 is 1.26 bits per heavy atom. The van der Waals surface area contributed by atoms with E-state index in [-0.39, 0.29) is 23.4 Å². The number of aliphatic hydroxyl groups is 1. The molecule has 1 saturated heterocycles. The van der Waals surface area contributed by atoms with Crippen molar-refractivity contribution in [2.75, 3.05) is 7.11 Å². The van der Waals surface area contributed by atoms with Gasteiger partial charge in [0.25, 0.3) is 0 Å². The van der Waals surface area contributed by atoms with Crippen LogP contribution in [-0.2, 0) is 25.1 Å². The summed E-state index contributed by atoms with van der Waals surface area (Å²) in [4.78, 5) is 23.9. The number of carbonyl (C=O) groups is 2. The van der Waals surface area contributed by atoms with E-state index in [1.165, 1.54) is 14.0 Å². The summed E-state index contributed by atoms with van der Waals surface area (Å²) in [6, 6.07) is 4.88. The fourth-order valence-corrected chi connectivity index (χ4v) is 5.53. The number of benzene rings is 1. The zero-order valence-electron chi connectivity index (χ0n) is 22.3. The maximum Gasteiger partial charge on any atom is 0.338 e. The Labute approximate surface area is 210 Å². The molecule has 8 heteroatoms. The van der Waals surface area contributed by atoms with E-state index in [1.807, 2.05) is 0 Å². The number of carbonyl (C=O) groups excluding carboxylic acids is 2. The molecule has 0 radical (unpaired) electrons. The van der Waals surface area contributed by atoms with Gasteiger partial charge in [-0.2, -0.15) is 0 Å². The van der Waals surface area contributed by atoms with E-state index in [0.717, 1.165) is 0 Å². The third kappa shape index (κ3) is 8.56. The van der Waals surface area contributed by atoms with Crippen molar-refractivity contribution in [3.05, 3.63) is 42.0 Å². The maximum atomic E-state index is 12.4. The van der Waals surface area contributed by atoms with Crippen LogP contribution in [0.3, 0.4) is 0 Å². The van der Waals surface area contributed by atoms with Gasteiger partial charge in [0.1, 0.15) is 5.75 Å². The molecule has 1 aliphatic heterocycles. The smallest absolute Gasteiger partial charge is 0.338 e. The monoisotopic (exact) mass is 506 g/mol. The van der Waals surface area contributed by atoms with Crippen LogP contribution in [-0.4, -0.2) is 56.9 Å². The van der Waals surface area contributed by atoms with Crippen molar-refractivity contribution in [1.82, 2.24) is 0 Å². The Kier molecular flexibility index (Phi) is 10.3. The summed E-state index contributed by atoms with van der Waals surface area (Å²) in [7, 11) is -0.690. The van der Waals surface area contributed by atoms with E-state index in [2.05, 4.69) is 40.4 Å². The van der Waals surface area contributed by atoms with Crippen LogP contribution in [0.2, 0.25) is 18.1 Å². The van der Waals surface area contributed by atoms with Crippen molar-refractivity contribution < 1.29 is 33.3 Å². The molecule has 0 unspecified atom stereocenters. The van der Waals surface area contributed by atoms with Crippen molar-refractivity contribution in [2.45, 2.75) is 102 Å². The van der Waals surface area contributed by atoms with Gasteiger partial charge >= 0.3 is 11.9 Å². The lowest BCUT2D eigenvalue weighted by atomic mass is 9.92. The van der Waals surface area contributed by atoms with E-state index in [4.69, 9.17) is 18.6 Å². The molecule has 1 aliphatic rings. The Balaban J connectivity index is 2.32. The SMILES string of the molecule is C=CC[C@@H](O)C[C@@H]1C[C@@H](O[Si](C)(C)C(C)(C)C)C[C@@H](Cc2cc(OC(C)=O)ccc2C(=O)OC)O1. The minimum absolute atomic E-state index is 0.0196. The lowest BCUT2D eigenvalue weighted by Crippen LogP contribution is -2.48. The molecule has 0 aliphatic carbocycles. The summed E-state index contributed by atoms with van der Waals surface area (Å²) in [6.45, 7) is 16.2. The number of esters is 2. The molecule has 2 rings (SSSR count). The van der Waals surface area contributed by atoms with Crippen LogP contribution < -0.4 is 4.74 Å². The van der Waals surface area contributed by atoms with Crippen LogP contribution in [0.1, 0.15) is 69.3 Å². The van der Waals surface area contributed by atoms with Crippen molar-refractivity contribution in [3.63, 3.8) is 0 Å². The predicted octanol–water partition coefficient (Wildman–Crippen LogP) is 5.21. The van der Waals surface area contributed by atoms with Gasteiger partial charge < -0.3 is 23.7 Å². The molecule has 0 saturated carbocycles. The predicted molar refractivity (Wildman–Crippen MR) is 138 cm³/mol. The number of ether oxygens (including phenoxy) is 3. The minimum atomic E-state index is -2.03. The van der Waals surface area contributed by atoms with Crippen LogP contribution in [0, 0.1) is 0 Å². The van der Waals surface area contributed by atoms with Gasteiger partial charge in [-0.25, -0.2) is 4.79 Å². The van der Waals surface area contributed by atoms with Crippen LogP contribution in [0.15, 0.2) is 30.9 Å². The third-order valence-electron chi connectivity index (χ3n) is 6.87. The zero-order chi connectivity index (χ0) is 26.4. The summed E-state index contributed by atoms with van der Waals surface area (Å²) in [5.41, 5.74) is 1.08. The maximum absolute atomic E-state index is 12.4. The molecule has 0 amide bonds. The first kappa shape index (κ1) is 29.2. The Bertz CT molecular complexity index is 890. The van der Waals surface area contributed by atoms with E-state index < -0.39 is 26.4 Å². The van der Waals surface area contributed by atoms with Crippen LogP contribution >= 0.6 is 0 Å². The van der Waals surface area contributed by atoms with Gasteiger partial charge in [0.05, 0.1) is 31.0 Å². The molecule has 1 aromatic carbocycles. The number of hydrogen-bond donors (Lipinski definition) is 1. The molecule has 1 N–H and O–H groups in total. The van der Waals surface area contributed by atoms with Crippen molar-refractivity contribution in [1.29, 1.82) is 0 Å². The summed E-state index contributed by atoms with van der Waals surface area (Å²) in [5.74, 6) is -0.532. The van der Waals surface area contributed by atoms with Crippen molar-refractivity contribution in [3.8, 4) is 5.75 Å². The second-order valence-electron chi connectivity index (χ2n) is 10.9. The van der Waals surface area contributed by atoms with Crippen molar-refractivity contribution in [2.24, 2.45) is 0 Å². The first-order valence-electron chi connectivity index (χ1n) is 12.3. The van der Waals surface area contributed by atoms with Gasteiger partial charge in [0.2, 0.25) is 0 Å². The Hall–Kier alpha value is -2.00. The van der Waals surface area contributed by atoms with E-state index in [0.29, 0.717) is 49.0 Å². The van der Waals surface area contributed by atoms with Gasteiger partial charge in [0, 0.05) is 13.0 Å². The molecule has 0 spiro atoms. The summed E-state index contributed by atoms with van der Waals surface area (Å²) >= 11 is 0. The molecule has 4 atom stereocenters. The summed E-state index contributed by atoms with van der Waals surface area (Å²) in [6.07, 6.45) is 3.49. The molecule has 0 aromatic heterocycles. The summed E-state index contributed by atoms with van der Waals surface area (Å²) < 4.78 is 23.4. The van der Waals surface area contributed by atoms with Crippen LogP contribution in [0.5, 0.6) is 5.75 Å². The van der Waals surface area contributed by atoms with Gasteiger partial charge in [-0.05, 0) is 74.0 Å². The molecule has 196 valence electrons. The van der Waals surface area contributed by atoms with Gasteiger partial charge in [0.15, 0.2) is 8.32 Å². The first-order valence-corrected chi connectivity index (χ1v) is 15.2. The van der Waals surface area contributed by atoms with Gasteiger partial charge in [-0.1, -0.05) is 26.8 Å². The number of hydrogen-bond acceptors (Lipinski definition) is 7. The summed E-state index contributed by atoms with van der Waals surface area (Å²) in [5, 5.41) is 10.5. The highest BCUT2D eigenvalue weighted by Gasteiger charge is 2.42. The second-order valence-corrected chi connectivity index (χ2v) is 15.6. The number of rotatable bonds is 10. The van der Waals surface area contributed by atoms with Crippen LogP contribution in [0.4, 0.5) is 0 Å². The number of methoxy groups -OCH3 is 1. The Morgan fingerprint density at radius 2 is 1.91 bits per heavy atom. The zero-order valence-corrected chi connectivity index (χ0v) is 23.3. The average Bonchev–Trinajstić information content (AvgIpc) is 2.71. The topological polar surface area (TPSA) is 91.3 Å². The number of aliphatic hydroxyl groups excluding tert-OH is 1. The molecular formula is C27H42O7Si. The highest BCUT2D eigenvalue weighted by molar-refractivity contribution is 6.74. The van der Waals surface area contributed by atoms with E-state index in [1.54, 1.807) is 24.3 Å². The largest absolute Gasteiger partial charge is 0.465 e. The third-order valence-corrected chi connectivity index (χ3v) is 11.4. The normalized spacial score (nSPS) is 21.8. The van der Waals surface area contributed by atoms with Crippen LogP contribution in [0.25, 0.3) is 0 Å². The molecule has 1 heterocycles. The molecule has 1 fully saturated rings. The standard InChI is InChI=1S/C27H42O7Si/c1-9-10-20(29)15-23-17-24(34-35(7,8)27(3,4)5)16-22(33-23)14-19-13-21(32-18(2)28)11-12-25(19)26(30)31-6/h9,11-13,20,22-24,29H,1,10,14-17H2,2-8H3/t20-,22-,23-,24+/m1/s1. The van der Waals surface area contributed by atoms with Gasteiger partial charge in [-0.15, -0.1) is 6.58 Å². The molecule has 0 bridgehead atoms. The van der Waals surface area contributed by atoms with Crippen molar-refractivity contribution >= 4 is 20.3 Å².